The Balaban J connectivity index is 1.59. The summed E-state index contributed by atoms with van der Waals surface area (Å²) in [7, 11) is 1.79. The van der Waals surface area contributed by atoms with E-state index in [4.69, 9.17) is 16.3 Å². The first-order valence-electron chi connectivity index (χ1n) is 9.63. The highest BCUT2D eigenvalue weighted by Gasteiger charge is 2.13. The maximum Gasteiger partial charge on any atom is 0.253 e. The van der Waals surface area contributed by atoms with Gasteiger partial charge in [0.2, 0.25) is 0 Å². The molecule has 0 bridgehead atoms. The van der Waals surface area contributed by atoms with Crippen LogP contribution in [-0.4, -0.2) is 27.6 Å². The minimum Gasteiger partial charge on any atom is -0.489 e. The number of rotatable bonds is 7. The first kappa shape index (κ1) is 20.9. The van der Waals surface area contributed by atoms with Crippen LogP contribution in [-0.2, 0) is 19.7 Å². The van der Waals surface area contributed by atoms with E-state index >= 15 is 0 Å². The van der Waals surface area contributed by atoms with Gasteiger partial charge in [-0.05, 0) is 67.8 Å². The van der Waals surface area contributed by atoms with E-state index < -0.39 is 0 Å². The van der Waals surface area contributed by atoms with Crippen LogP contribution in [0.15, 0.2) is 48.7 Å². The van der Waals surface area contributed by atoms with Gasteiger partial charge in [0.1, 0.15) is 12.4 Å². The average Bonchev–Trinajstić information content (AvgIpc) is 3.17. The molecule has 1 aromatic heterocycles. The number of carbonyl (C=O) groups is 1. The topological polar surface area (TPSA) is 47.4 Å². The maximum atomic E-state index is 12.7. The molecular formula is C23H26ClN3O2. The number of amides is 1. The lowest BCUT2D eigenvalue weighted by Gasteiger charge is -2.16. The zero-order valence-electron chi connectivity index (χ0n) is 17.3. The molecule has 1 amide bonds. The molecule has 1 heterocycles. The van der Waals surface area contributed by atoms with E-state index in [1.165, 1.54) is 0 Å². The molecule has 3 aromatic rings. The predicted octanol–water partition coefficient (Wildman–Crippen LogP) is 5.02. The third kappa shape index (κ3) is 5.18. The summed E-state index contributed by atoms with van der Waals surface area (Å²) < 4.78 is 7.74. The summed E-state index contributed by atoms with van der Waals surface area (Å²) in [6.07, 6.45) is 1.92. The minimum absolute atomic E-state index is 0.0348. The molecule has 0 aliphatic rings. The predicted molar refractivity (Wildman–Crippen MR) is 115 cm³/mol. The van der Waals surface area contributed by atoms with Gasteiger partial charge in [-0.2, -0.15) is 5.10 Å². The van der Waals surface area contributed by atoms with Crippen molar-refractivity contribution in [3.05, 3.63) is 81.6 Å². The first-order chi connectivity index (χ1) is 13.9. The van der Waals surface area contributed by atoms with Gasteiger partial charge in [0, 0.05) is 30.4 Å². The molecule has 0 saturated heterocycles. The summed E-state index contributed by atoms with van der Waals surface area (Å²) in [6.45, 7) is 7.69. The number of aryl methyl sites for hydroxylation is 3. The number of ether oxygens (including phenoxy) is 1. The summed E-state index contributed by atoms with van der Waals surface area (Å²) in [4.78, 5) is 14.3. The maximum absolute atomic E-state index is 12.7. The number of nitrogens with zero attached hydrogens (tertiary/aromatic N) is 3. The largest absolute Gasteiger partial charge is 0.489 e. The Morgan fingerprint density at radius 3 is 2.38 bits per heavy atom. The van der Waals surface area contributed by atoms with Crippen molar-refractivity contribution in [3.63, 3.8) is 0 Å². The van der Waals surface area contributed by atoms with Gasteiger partial charge in [-0.25, -0.2) is 0 Å². The monoisotopic (exact) mass is 411 g/mol. The van der Waals surface area contributed by atoms with Gasteiger partial charge in [-0.1, -0.05) is 23.7 Å². The normalized spacial score (nSPS) is 10.8. The van der Waals surface area contributed by atoms with Crippen LogP contribution < -0.4 is 4.74 Å². The Bertz CT molecular complexity index is 973. The molecule has 0 radical (unpaired) electrons. The van der Waals surface area contributed by atoms with Crippen molar-refractivity contribution in [1.82, 2.24) is 14.7 Å². The number of halogens is 1. The number of aromatic nitrogens is 2. The van der Waals surface area contributed by atoms with E-state index in [-0.39, 0.29) is 5.91 Å². The standard InChI is InChI=1S/C23H26ClN3O2/c1-5-27-11-10-20(25-27)14-26(4)23(28)19-8-6-18(7-9-19)15-29-21-12-16(2)22(24)17(3)13-21/h6-13H,5,14-15H2,1-4H3. The fourth-order valence-corrected chi connectivity index (χ4v) is 3.21. The Kier molecular flexibility index (Phi) is 6.60. The van der Waals surface area contributed by atoms with Gasteiger partial charge in [0.05, 0.1) is 12.2 Å². The molecule has 0 saturated carbocycles. The van der Waals surface area contributed by atoms with E-state index in [1.54, 1.807) is 11.9 Å². The summed E-state index contributed by atoms with van der Waals surface area (Å²) in [5, 5.41) is 5.20. The van der Waals surface area contributed by atoms with E-state index in [0.29, 0.717) is 18.7 Å². The zero-order valence-corrected chi connectivity index (χ0v) is 18.0. The van der Waals surface area contributed by atoms with Crippen molar-refractivity contribution in [2.24, 2.45) is 0 Å². The highest BCUT2D eigenvalue weighted by atomic mass is 35.5. The fourth-order valence-electron chi connectivity index (χ4n) is 3.10. The molecule has 3 rings (SSSR count). The SMILES string of the molecule is CCn1ccc(CN(C)C(=O)c2ccc(COc3cc(C)c(Cl)c(C)c3)cc2)n1. The molecular weight excluding hydrogens is 386 g/mol. The van der Waals surface area contributed by atoms with E-state index in [2.05, 4.69) is 5.10 Å². The fraction of sp³-hybridized carbons (Fsp3) is 0.304. The molecule has 0 atom stereocenters. The van der Waals surface area contributed by atoms with Crippen molar-refractivity contribution < 1.29 is 9.53 Å². The molecule has 6 heteroatoms. The second-order valence-corrected chi connectivity index (χ2v) is 7.56. The molecule has 152 valence electrons. The van der Waals surface area contributed by atoms with Crippen LogP contribution in [0.25, 0.3) is 0 Å². The lowest BCUT2D eigenvalue weighted by Crippen LogP contribution is -2.26. The molecule has 0 spiro atoms. The van der Waals surface area contributed by atoms with Crippen LogP contribution in [0.4, 0.5) is 0 Å². The first-order valence-corrected chi connectivity index (χ1v) is 10.0. The lowest BCUT2D eigenvalue weighted by atomic mass is 10.1. The van der Waals surface area contributed by atoms with Gasteiger partial charge < -0.3 is 9.64 Å². The van der Waals surface area contributed by atoms with Gasteiger partial charge in [0.15, 0.2) is 0 Å². The molecule has 0 fully saturated rings. The number of hydrogen-bond acceptors (Lipinski definition) is 3. The number of benzene rings is 2. The smallest absolute Gasteiger partial charge is 0.253 e. The number of hydrogen-bond donors (Lipinski definition) is 0. The highest BCUT2D eigenvalue weighted by Crippen LogP contribution is 2.26. The van der Waals surface area contributed by atoms with Gasteiger partial charge in [-0.3, -0.25) is 9.48 Å². The molecule has 0 aliphatic carbocycles. The van der Waals surface area contributed by atoms with Crippen molar-refractivity contribution in [3.8, 4) is 5.75 Å². The Morgan fingerprint density at radius 1 is 1.14 bits per heavy atom. The molecule has 5 nitrogen and oxygen atoms in total. The van der Waals surface area contributed by atoms with Crippen LogP contribution in [0.1, 0.15) is 39.7 Å². The average molecular weight is 412 g/mol. The van der Waals surface area contributed by atoms with Crippen molar-refractivity contribution in [2.45, 2.75) is 40.5 Å². The Hall–Kier alpha value is -2.79. The number of carbonyl (C=O) groups excluding carboxylic acids is 1. The van der Waals surface area contributed by atoms with Crippen LogP contribution in [0.2, 0.25) is 5.02 Å². The van der Waals surface area contributed by atoms with Crippen LogP contribution in [0.5, 0.6) is 5.75 Å². The van der Waals surface area contributed by atoms with Gasteiger partial charge >= 0.3 is 0 Å². The summed E-state index contributed by atoms with van der Waals surface area (Å²) in [5.74, 6) is 0.753. The van der Waals surface area contributed by atoms with Crippen molar-refractivity contribution >= 4 is 17.5 Å². The van der Waals surface area contributed by atoms with E-state index in [1.807, 2.05) is 74.1 Å². The third-order valence-corrected chi connectivity index (χ3v) is 5.38. The van der Waals surface area contributed by atoms with E-state index in [9.17, 15) is 4.79 Å². The minimum atomic E-state index is -0.0348. The zero-order chi connectivity index (χ0) is 21.0. The van der Waals surface area contributed by atoms with Gasteiger partial charge in [0.25, 0.3) is 5.91 Å². The Morgan fingerprint density at radius 2 is 1.79 bits per heavy atom. The van der Waals surface area contributed by atoms with Crippen LogP contribution in [0.3, 0.4) is 0 Å². The highest BCUT2D eigenvalue weighted by molar-refractivity contribution is 6.32. The van der Waals surface area contributed by atoms with Crippen LogP contribution in [0, 0.1) is 13.8 Å². The second kappa shape index (κ2) is 9.14. The Labute approximate surface area is 176 Å². The molecule has 0 N–H and O–H groups in total. The summed E-state index contributed by atoms with van der Waals surface area (Å²) >= 11 is 6.20. The lowest BCUT2D eigenvalue weighted by molar-refractivity contribution is 0.0783. The molecule has 0 aliphatic heterocycles. The second-order valence-electron chi connectivity index (χ2n) is 7.18. The molecule has 2 aromatic carbocycles. The van der Waals surface area contributed by atoms with Crippen LogP contribution >= 0.6 is 11.6 Å². The third-order valence-electron chi connectivity index (χ3n) is 4.78. The van der Waals surface area contributed by atoms with Gasteiger partial charge in [-0.15, -0.1) is 0 Å². The van der Waals surface area contributed by atoms with E-state index in [0.717, 1.165) is 39.7 Å². The molecule has 29 heavy (non-hydrogen) atoms. The summed E-state index contributed by atoms with van der Waals surface area (Å²) in [5.41, 5.74) is 4.51. The summed E-state index contributed by atoms with van der Waals surface area (Å²) in [6, 6.07) is 13.3. The van der Waals surface area contributed by atoms with Crippen molar-refractivity contribution in [2.75, 3.05) is 7.05 Å². The van der Waals surface area contributed by atoms with Crippen molar-refractivity contribution in [1.29, 1.82) is 0 Å². The quantitative estimate of drug-likeness (QED) is 0.548. The molecule has 0 unspecified atom stereocenters.